The molecule has 29 heavy (non-hydrogen) atoms. The zero-order valence-electron chi connectivity index (χ0n) is 17.2. The number of esters is 1. The Kier molecular flexibility index (Phi) is 5.35. The fourth-order valence-corrected chi connectivity index (χ4v) is 4.63. The summed E-state index contributed by atoms with van der Waals surface area (Å²) in [6.07, 6.45) is 5.02. The lowest BCUT2D eigenvalue weighted by Crippen LogP contribution is -2.19. The summed E-state index contributed by atoms with van der Waals surface area (Å²) in [5, 5.41) is 0. The topological polar surface area (TPSA) is 77.6 Å². The predicted molar refractivity (Wildman–Crippen MR) is 108 cm³/mol. The van der Waals surface area contributed by atoms with Gasteiger partial charge in [-0.25, -0.2) is 4.79 Å². The smallest absolute Gasteiger partial charge is 0.355 e. The third-order valence-corrected chi connectivity index (χ3v) is 6.15. The fourth-order valence-electron chi connectivity index (χ4n) is 4.63. The Hall–Kier alpha value is -2.76. The minimum Gasteiger partial charge on any atom is -0.497 e. The van der Waals surface area contributed by atoms with Crippen LogP contribution in [0.3, 0.4) is 0 Å². The molecule has 0 aliphatic heterocycles. The van der Waals surface area contributed by atoms with Crippen LogP contribution < -0.4 is 9.47 Å². The number of fused-ring (bicyclic) bond motifs is 1. The highest BCUT2D eigenvalue weighted by atomic mass is 16.5. The second-order valence-corrected chi connectivity index (χ2v) is 7.93. The summed E-state index contributed by atoms with van der Waals surface area (Å²) in [7, 11) is 3.24. The van der Waals surface area contributed by atoms with Crippen molar-refractivity contribution in [1.82, 2.24) is 4.98 Å². The average molecular weight is 397 g/mol. The molecule has 2 aliphatic rings. The number of aromatic amines is 1. The molecule has 1 saturated carbocycles. The highest BCUT2D eigenvalue weighted by Gasteiger charge is 2.34. The van der Waals surface area contributed by atoms with E-state index in [4.69, 9.17) is 14.2 Å². The van der Waals surface area contributed by atoms with Gasteiger partial charge in [-0.1, -0.05) is 0 Å². The Morgan fingerprint density at radius 2 is 1.86 bits per heavy atom. The lowest BCUT2D eigenvalue weighted by atomic mass is 9.81. The summed E-state index contributed by atoms with van der Waals surface area (Å²) in [6.45, 7) is 1.82. The van der Waals surface area contributed by atoms with Gasteiger partial charge in [-0.2, -0.15) is 0 Å². The number of ketones is 1. The molecule has 2 aromatic rings. The number of rotatable bonds is 5. The standard InChI is InChI=1S/C23H27NO5/c1-13-21-18(24-22(13)23(26)29-15-6-4-5-7-15)10-14(11-19(21)25)17-12-16(27-2)8-9-20(17)28-3/h8-9,12,14-15,24H,4-7,10-11H2,1-3H3/t14-/m1/s1. The van der Waals surface area contributed by atoms with E-state index in [2.05, 4.69) is 4.98 Å². The number of H-pyrrole nitrogens is 1. The second kappa shape index (κ2) is 7.93. The molecule has 0 unspecified atom stereocenters. The second-order valence-electron chi connectivity index (χ2n) is 7.93. The first-order valence-corrected chi connectivity index (χ1v) is 10.2. The van der Waals surface area contributed by atoms with Gasteiger partial charge < -0.3 is 19.2 Å². The third kappa shape index (κ3) is 3.63. The van der Waals surface area contributed by atoms with Crippen molar-refractivity contribution < 1.29 is 23.8 Å². The Balaban J connectivity index is 1.63. The predicted octanol–water partition coefficient (Wildman–Crippen LogP) is 4.35. The molecular weight excluding hydrogens is 370 g/mol. The molecule has 1 aromatic carbocycles. The highest BCUT2D eigenvalue weighted by Crippen LogP contribution is 2.40. The van der Waals surface area contributed by atoms with Gasteiger partial charge in [0.1, 0.15) is 23.3 Å². The van der Waals surface area contributed by atoms with Crippen LogP contribution in [0.25, 0.3) is 0 Å². The van der Waals surface area contributed by atoms with Crippen molar-refractivity contribution in [3.63, 3.8) is 0 Å². The number of hydrogen-bond acceptors (Lipinski definition) is 5. The number of aromatic nitrogens is 1. The van der Waals surface area contributed by atoms with Gasteiger partial charge in [-0.05, 0) is 62.8 Å². The van der Waals surface area contributed by atoms with Crippen LogP contribution in [0, 0.1) is 6.92 Å². The van der Waals surface area contributed by atoms with Gasteiger partial charge in [0.25, 0.3) is 0 Å². The molecule has 2 aliphatic carbocycles. The Bertz CT molecular complexity index is 939. The molecule has 1 aromatic heterocycles. The van der Waals surface area contributed by atoms with Crippen LogP contribution in [0.5, 0.6) is 11.5 Å². The average Bonchev–Trinajstić information content (AvgIpc) is 3.35. The molecule has 4 rings (SSSR count). The number of methoxy groups -OCH3 is 2. The molecule has 154 valence electrons. The van der Waals surface area contributed by atoms with Crippen LogP contribution in [-0.4, -0.2) is 37.1 Å². The summed E-state index contributed by atoms with van der Waals surface area (Å²) in [5.41, 5.74) is 3.49. The van der Waals surface area contributed by atoms with E-state index in [-0.39, 0.29) is 23.8 Å². The Labute approximate surface area is 170 Å². The molecule has 0 amide bonds. The summed E-state index contributed by atoms with van der Waals surface area (Å²) < 4.78 is 16.5. The maximum absolute atomic E-state index is 13.0. The number of Topliss-reactive ketones (excluding diaryl/α,β-unsaturated/α-hetero) is 1. The van der Waals surface area contributed by atoms with Gasteiger partial charge in [0, 0.05) is 29.2 Å². The first-order chi connectivity index (χ1) is 14.0. The molecule has 6 nitrogen and oxygen atoms in total. The van der Waals surface area contributed by atoms with Crippen molar-refractivity contribution in [2.45, 2.75) is 57.5 Å². The van der Waals surface area contributed by atoms with Crippen LogP contribution in [0.4, 0.5) is 0 Å². The normalized spacial score (nSPS) is 19.1. The van der Waals surface area contributed by atoms with E-state index in [1.165, 1.54) is 0 Å². The lowest BCUT2D eigenvalue weighted by molar-refractivity contribution is 0.0310. The molecule has 1 heterocycles. The van der Waals surface area contributed by atoms with Crippen LogP contribution in [0.15, 0.2) is 18.2 Å². The van der Waals surface area contributed by atoms with E-state index in [0.29, 0.717) is 29.7 Å². The van der Waals surface area contributed by atoms with Gasteiger partial charge in [-0.15, -0.1) is 0 Å². The summed E-state index contributed by atoms with van der Waals surface area (Å²) in [5.74, 6) is 1.09. The van der Waals surface area contributed by atoms with E-state index in [0.717, 1.165) is 48.4 Å². The molecule has 0 saturated heterocycles. The monoisotopic (exact) mass is 397 g/mol. The molecule has 0 radical (unpaired) electrons. The van der Waals surface area contributed by atoms with Crippen molar-refractivity contribution >= 4 is 11.8 Å². The molecule has 1 fully saturated rings. The van der Waals surface area contributed by atoms with E-state index in [9.17, 15) is 9.59 Å². The number of benzene rings is 1. The van der Waals surface area contributed by atoms with E-state index in [1.54, 1.807) is 14.2 Å². The largest absolute Gasteiger partial charge is 0.497 e. The van der Waals surface area contributed by atoms with Gasteiger partial charge in [0.2, 0.25) is 0 Å². The first kappa shape index (κ1) is 19.6. The summed E-state index contributed by atoms with van der Waals surface area (Å²) >= 11 is 0. The lowest BCUT2D eigenvalue weighted by Gasteiger charge is -2.24. The highest BCUT2D eigenvalue weighted by molar-refractivity contribution is 6.03. The quantitative estimate of drug-likeness (QED) is 0.759. The van der Waals surface area contributed by atoms with Gasteiger partial charge in [0.05, 0.1) is 14.2 Å². The minimum absolute atomic E-state index is 0.00766. The van der Waals surface area contributed by atoms with Crippen molar-refractivity contribution in [2.24, 2.45) is 0 Å². The van der Waals surface area contributed by atoms with E-state index in [1.807, 2.05) is 25.1 Å². The maximum Gasteiger partial charge on any atom is 0.355 e. The fraction of sp³-hybridized carbons (Fsp3) is 0.478. The van der Waals surface area contributed by atoms with Gasteiger partial charge in [0.15, 0.2) is 5.78 Å². The van der Waals surface area contributed by atoms with Crippen LogP contribution in [0.1, 0.15) is 75.7 Å². The van der Waals surface area contributed by atoms with Gasteiger partial charge >= 0.3 is 5.97 Å². The summed E-state index contributed by atoms with van der Waals surface area (Å²) in [6, 6.07) is 5.62. The number of ether oxygens (including phenoxy) is 3. The van der Waals surface area contributed by atoms with Crippen LogP contribution in [0.2, 0.25) is 0 Å². The van der Waals surface area contributed by atoms with Crippen molar-refractivity contribution in [3.8, 4) is 11.5 Å². The van der Waals surface area contributed by atoms with Crippen molar-refractivity contribution in [1.29, 1.82) is 0 Å². The molecule has 6 heteroatoms. The maximum atomic E-state index is 13.0. The Morgan fingerprint density at radius 3 is 2.55 bits per heavy atom. The van der Waals surface area contributed by atoms with Crippen LogP contribution in [-0.2, 0) is 11.2 Å². The Morgan fingerprint density at radius 1 is 1.10 bits per heavy atom. The first-order valence-electron chi connectivity index (χ1n) is 10.2. The molecule has 1 N–H and O–H groups in total. The van der Waals surface area contributed by atoms with Crippen LogP contribution >= 0.6 is 0 Å². The zero-order valence-corrected chi connectivity index (χ0v) is 17.2. The number of carbonyl (C=O) groups excluding carboxylic acids is 2. The number of nitrogens with one attached hydrogen (secondary N) is 1. The van der Waals surface area contributed by atoms with Gasteiger partial charge in [-0.3, -0.25) is 4.79 Å². The zero-order chi connectivity index (χ0) is 20.5. The summed E-state index contributed by atoms with van der Waals surface area (Å²) in [4.78, 5) is 28.9. The van der Waals surface area contributed by atoms with Crippen molar-refractivity contribution in [2.75, 3.05) is 14.2 Å². The van der Waals surface area contributed by atoms with E-state index < -0.39 is 0 Å². The SMILES string of the molecule is COc1ccc(OC)c([C@H]2CC(=O)c3c([nH]c(C(=O)OC4CCCC4)c3C)C2)c1. The minimum atomic E-state index is -0.355. The molecule has 0 spiro atoms. The molecule has 0 bridgehead atoms. The number of carbonyl (C=O) groups is 2. The van der Waals surface area contributed by atoms with Crippen molar-refractivity contribution in [3.05, 3.63) is 46.3 Å². The van der Waals surface area contributed by atoms with E-state index >= 15 is 0 Å². The third-order valence-electron chi connectivity index (χ3n) is 6.15. The number of hydrogen-bond donors (Lipinski definition) is 1. The molecular formula is C23H27NO5. The molecule has 1 atom stereocenters.